The van der Waals surface area contributed by atoms with Crippen molar-refractivity contribution in [1.82, 2.24) is 0 Å². The summed E-state index contributed by atoms with van der Waals surface area (Å²) in [6.45, 7) is 1.83. The number of hydrogen-bond donors (Lipinski definition) is 3. The van der Waals surface area contributed by atoms with E-state index in [4.69, 9.17) is 25.5 Å². The van der Waals surface area contributed by atoms with Gasteiger partial charge in [-0.15, -0.1) is 0 Å². The molecule has 106 valence electrons. The lowest BCUT2D eigenvalue weighted by Crippen LogP contribution is -2.32. The first-order valence-electron chi connectivity index (χ1n) is 4.99. The molecule has 0 aromatic rings. The molecule has 0 unspecified atom stereocenters. The third-order valence-electron chi connectivity index (χ3n) is 2.16. The Hall–Kier alpha value is -1.35. The number of hydrogen-bond acceptors (Lipinski definition) is 4. The topological polar surface area (TPSA) is 110 Å². The van der Waals surface area contributed by atoms with Crippen LogP contribution in [0.15, 0.2) is 0 Å². The minimum Gasteiger partial charge on any atom is -0.479 e. The van der Waals surface area contributed by atoms with Crippen LogP contribution >= 0.6 is 0 Å². The van der Waals surface area contributed by atoms with E-state index >= 15 is 0 Å². The molecule has 0 saturated carbocycles. The first-order chi connectivity index (χ1) is 8.05. The van der Waals surface area contributed by atoms with E-state index in [-0.39, 0.29) is 12.1 Å². The second-order valence-electron chi connectivity index (χ2n) is 3.74. The molecule has 1 aliphatic rings. The Bertz CT molecular complexity index is 305. The molecule has 0 amide bonds. The van der Waals surface area contributed by atoms with Gasteiger partial charge in [0.05, 0.1) is 6.10 Å². The van der Waals surface area contributed by atoms with Crippen molar-refractivity contribution in [1.29, 1.82) is 0 Å². The van der Waals surface area contributed by atoms with Gasteiger partial charge >= 0.3 is 18.1 Å². The lowest BCUT2D eigenvalue weighted by molar-refractivity contribution is -0.192. The molecular formula is C9H14F3NO5. The van der Waals surface area contributed by atoms with Gasteiger partial charge in [0.2, 0.25) is 0 Å². The van der Waals surface area contributed by atoms with E-state index in [1.54, 1.807) is 0 Å². The summed E-state index contributed by atoms with van der Waals surface area (Å²) in [7, 11) is 0. The Balaban J connectivity index is 0.000000360. The highest BCUT2D eigenvalue weighted by Crippen LogP contribution is 2.21. The standard InChI is InChI=1S/C7H13NO3.C2HF3O2/c1-4(8)5-2-3-6(11-5)7(9)10;3-2(4,5)1(6)7/h4-6H,2-3,8H2,1H3,(H,9,10);(H,6,7)/t4-,5+,6+;/m0./s1. The zero-order valence-electron chi connectivity index (χ0n) is 9.48. The maximum absolute atomic E-state index is 10.6. The monoisotopic (exact) mass is 273 g/mol. The molecule has 0 bridgehead atoms. The van der Waals surface area contributed by atoms with Crippen LogP contribution in [0.4, 0.5) is 13.2 Å². The Kier molecular flexibility index (Phi) is 6.06. The summed E-state index contributed by atoms with van der Waals surface area (Å²) in [5, 5.41) is 15.7. The Morgan fingerprint density at radius 1 is 1.33 bits per heavy atom. The predicted octanol–water partition coefficient (Wildman–Crippen LogP) is 0.599. The van der Waals surface area contributed by atoms with Crippen molar-refractivity contribution in [3.05, 3.63) is 0 Å². The molecule has 1 rings (SSSR count). The van der Waals surface area contributed by atoms with Crippen LogP contribution in [0.25, 0.3) is 0 Å². The van der Waals surface area contributed by atoms with E-state index in [2.05, 4.69) is 0 Å². The highest BCUT2D eigenvalue weighted by molar-refractivity contribution is 5.73. The van der Waals surface area contributed by atoms with Gasteiger partial charge in [-0.25, -0.2) is 9.59 Å². The van der Waals surface area contributed by atoms with Gasteiger partial charge in [-0.05, 0) is 19.8 Å². The SMILES string of the molecule is C[C@H](N)[C@H]1CC[C@H](C(=O)O)O1.O=C(O)C(F)(F)F. The van der Waals surface area contributed by atoms with Gasteiger partial charge in [-0.3, -0.25) is 0 Å². The van der Waals surface area contributed by atoms with E-state index < -0.39 is 24.2 Å². The molecule has 18 heavy (non-hydrogen) atoms. The van der Waals surface area contributed by atoms with Crippen molar-refractivity contribution in [3.63, 3.8) is 0 Å². The third-order valence-corrected chi connectivity index (χ3v) is 2.16. The van der Waals surface area contributed by atoms with E-state index in [1.165, 1.54) is 0 Å². The van der Waals surface area contributed by atoms with Crippen LogP contribution < -0.4 is 5.73 Å². The Morgan fingerprint density at radius 3 is 1.94 bits per heavy atom. The average Bonchev–Trinajstić information content (AvgIpc) is 2.65. The fraction of sp³-hybridized carbons (Fsp3) is 0.778. The number of carboxylic acid groups (broad SMARTS) is 2. The van der Waals surface area contributed by atoms with Crippen LogP contribution in [0.3, 0.4) is 0 Å². The molecular weight excluding hydrogens is 259 g/mol. The minimum atomic E-state index is -5.08. The first-order valence-corrected chi connectivity index (χ1v) is 4.99. The number of carboxylic acids is 2. The first kappa shape index (κ1) is 16.6. The smallest absolute Gasteiger partial charge is 0.479 e. The quantitative estimate of drug-likeness (QED) is 0.679. The van der Waals surface area contributed by atoms with Gasteiger partial charge in [0.25, 0.3) is 0 Å². The van der Waals surface area contributed by atoms with Crippen molar-refractivity contribution < 1.29 is 37.7 Å². The van der Waals surface area contributed by atoms with Gasteiger partial charge in [-0.2, -0.15) is 13.2 Å². The lowest BCUT2D eigenvalue weighted by atomic mass is 10.1. The Morgan fingerprint density at radius 2 is 1.78 bits per heavy atom. The minimum absolute atomic E-state index is 0.0700. The predicted molar refractivity (Wildman–Crippen MR) is 52.9 cm³/mol. The number of rotatable bonds is 2. The maximum Gasteiger partial charge on any atom is 0.490 e. The van der Waals surface area contributed by atoms with E-state index in [0.717, 1.165) is 6.42 Å². The second-order valence-corrected chi connectivity index (χ2v) is 3.74. The second kappa shape index (κ2) is 6.55. The lowest BCUT2D eigenvalue weighted by Gasteiger charge is -2.13. The summed E-state index contributed by atoms with van der Waals surface area (Å²) in [4.78, 5) is 19.3. The summed E-state index contributed by atoms with van der Waals surface area (Å²) >= 11 is 0. The zero-order valence-corrected chi connectivity index (χ0v) is 9.48. The Labute approximate surface area is 101 Å². The fourth-order valence-electron chi connectivity index (χ4n) is 1.23. The molecule has 0 aromatic heterocycles. The average molecular weight is 273 g/mol. The summed E-state index contributed by atoms with van der Waals surface area (Å²) in [6.07, 6.45) is -4.45. The maximum atomic E-state index is 10.6. The molecule has 1 heterocycles. The molecule has 0 radical (unpaired) electrons. The van der Waals surface area contributed by atoms with Crippen LogP contribution in [0, 0.1) is 0 Å². The van der Waals surface area contributed by atoms with E-state index in [0.29, 0.717) is 6.42 Å². The number of nitrogens with two attached hydrogens (primary N) is 1. The third kappa shape index (κ3) is 5.82. The van der Waals surface area contributed by atoms with E-state index in [9.17, 15) is 18.0 Å². The van der Waals surface area contributed by atoms with Crippen molar-refractivity contribution >= 4 is 11.9 Å². The summed E-state index contributed by atoms with van der Waals surface area (Å²) < 4.78 is 36.9. The fourth-order valence-corrected chi connectivity index (χ4v) is 1.23. The van der Waals surface area contributed by atoms with Gasteiger partial charge in [0.15, 0.2) is 6.10 Å². The zero-order chi connectivity index (χ0) is 14.5. The van der Waals surface area contributed by atoms with Crippen molar-refractivity contribution in [3.8, 4) is 0 Å². The number of ether oxygens (including phenoxy) is 1. The van der Waals surface area contributed by atoms with Crippen molar-refractivity contribution in [2.24, 2.45) is 5.73 Å². The number of alkyl halides is 3. The van der Waals surface area contributed by atoms with Crippen molar-refractivity contribution in [2.45, 2.75) is 44.2 Å². The largest absolute Gasteiger partial charge is 0.490 e. The van der Waals surface area contributed by atoms with Crippen LogP contribution in [-0.2, 0) is 14.3 Å². The van der Waals surface area contributed by atoms with Crippen LogP contribution in [0.2, 0.25) is 0 Å². The molecule has 9 heteroatoms. The van der Waals surface area contributed by atoms with Crippen LogP contribution in [-0.4, -0.2) is 46.6 Å². The molecule has 1 aliphatic heterocycles. The van der Waals surface area contributed by atoms with Gasteiger partial charge in [0.1, 0.15) is 0 Å². The number of aliphatic carboxylic acids is 2. The van der Waals surface area contributed by atoms with Gasteiger partial charge in [0, 0.05) is 6.04 Å². The highest BCUT2D eigenvalue weighted by atomic mass is 19.4. The molecule has 1 saturated heterocycles. The van der Waals surface area contributed by atoms with Crippen molar-refractivity contribution in [2.75, 3.05) is 0 Å². The molecule has 4 N–H and O–H groups in total. The molecule has 3 atom stereocenters. The number of carbonyl (C=O) groups is 2. The van der Waals surface area contributed by atoms with E-state index in [1.807, 2.05) is 6.92 Å². The van der Waals surface area contributed by atoms with Crippen LogP contribution in [0.1, 0.15) is 19.8 Å². The molecule has 0 spiro atoms. The molecule has 0 aliphatic carbocycles. The van der Waals surface area contributed by atoms with Gasteiger partial charge < -0.3 is 20.7 Å². The number of halogens is 3. The summed E-state index contributed by atoms with van der Waals surface area (Å²) in [5.74, 6) is -3.64. The summed E-state index contributed by atoms with van der Waals surface area (Å²) in [5.41, 5.74) is 5.54. The van der Waals surface area contributed by atoms with Gasteiger partial charge in [-0.1, -0.05) is 0 Å². The summed E-state index contributed by atoms with van der Waals surface area (Å²) in [6, 6.07) is -0.0700. The highest BCUT2D eigenvalue weighted by Gasteiger charge is 2.38. The molecule has 0 aromatic carbocycles. The molecule has 1 fully saturated rings. The molecule has 6 nitrogen and oxygen atoms in total. The normalized spacial score (nSPS) is 24.9. The van der Waals surface area contributed by atoms with Crippen LogP contribution in [0.5, 0.6) is 0 Å².